The highest BCUT2D eigenvalue weighted by Crippen LogP contribution is 2.25. The molecule has 0 saturated heterocycles. The predicted molar refractivity (Wildman–Crippen MR) is 56.7 cm³/mol. The van der Waals surface area contributed by atoms with E-state index < -0.39 is 18.4 Å². The average Bonchev–Trinajstić information content (AvgIpc) is 2.26. The smallest absolute Gasteiger partial charge is 0.294 e. The largest absolute Gasteiger partial charge is 0.396 e. The molecule has 0 radical (unpaired) electrons. The fraction of sp³-hybridized carbons (Fsp3) is 0.167. The molecule has 0 aliphatic carbocycles. The number of Topliss-reactive ketones (excluding diaryl/α,β-unsaturated/α-hetero) is 1. The Balaban J connectivity index is 2.45. The molecule has 1 heterocycles. The molecule has 0 spiro atoms. The van der Waals surface area contributed by atoms with Crippen molar-refractivity contribution in [1.82, 2.24) is 4.98 Å². The van der Waals surface area contributed by atoms with E-state index >= 15 is 0 Å². The maximum absolute atomic E-state index is 12.2. The third kappa shape index (κ3) is 2.61. The minimum Gasteiger partial charge on any atom is -0.294 e. The number of nitrogens with zero attached hydrogens (tertiary/aromatic N) is 1. The number of fused-ring (bicyclic) bond motifs is 1. The van der Waals surface area contributed by atoms with Gasteiger partial charge in [0.2, 0.25) is 0 Å². The van der Waals surface area contributed by atoms with Crippen LogP contribution in [0, 0.1) is 0 Å². The highest BCUT2D eigenvalue weighted by molar-refractivity contribution is 6.08. The Kier molecular flexibility index (Phi) is 2.83. The Morgan fingerprint density at radius 1 is 1.24 bits per heavy atom. The van der Waals surface area contributed by atoms with Gasteiger partial charge in [0.05, 0.1) is 0 Å². The van der Waals surface area contributed by atoms with Gasteiger partial charge in [0.1, 0.15) is 6.42 Å². The van der Waals surface area contributed by atoms with Crippen LogP contribution in [0.1, 0.15) is 16.8 Å². The van der Waals surface area contributed by atoms with Crippen LogP contribution in [0.5, 0.6) is 0 Å². The van der Waals surface area contributed by atoms with Gasteiger partial charge in [0.15, 0.2) is 5.78 Å². The summed E-state index contributed by atoms with van der Waals surface area (Å²) in [5.74, 6) is -0.922. The molecule has 88 valence electrons. The van der Waals surface area contributed by atoms with E-state index in [4.69, 9.17) is 0 Å². The number of hydrogen-bond donors (Lipinski definition) is 0. The lowest BCUT2D eigenvalue weighted by Crippen LogP contribution is -2.15. The van der Waals surface area contributed by atoms with Crippen molar-refractivity contribution in [2.45, 2.75) is 12.6 Å². The molecular formula is C12H8F3NO. The fourth-order valence-electron chi connectivity index (χ4n) is 1.64. The summed E-state index contributed by atoms with van der Waals surface area (Å²) in [7, 11) is 0. The molecule has 5 heteroatoms. The van der Waals surface area contributed by atoms with Gasteiger partial charge < -0.3 is 0 Å². The Morgan fingerprint density at radius 3 is 2.71 bits per heavy atom. The van der Waals surface area contributed by atoms with E-state index in [0.29, 0.717) is 10.8 Å². The summed E-state index contributed by atoms with van der Waals surface area (Å²) in [6.07, 6.45) is -2.95. The zero-order valence-electron chi connectivity index (χ0n) is 8.66. The van der Waals surface area contributed by atoms with Crippen LogP contribution in [0.2, 0.25) is 0 Å². The van der Waals surface area contributed by atoms with E-state index in [0.717, 1.165) is 0 Å². The normalized spacial score (nSPS) is 11.7. The number of carbonyl (C=O) groups is 1. The molecule has 2 aromatic rings. The van der Waals surface area contributed by atoms with Gasteiger partial charge in [0.25, 0.3) is 0 Å². The molecule has 17 heavy (non-hydrogen) atoms. The van der Waals surface area contributed by atoms with Gasteiger partial charge in [-0.15, -0.1) is 0 Å². The molecule has 0 aliphatic heterocycles. The summed E-state index contributed by atoms with van der Waals surface area (Å²) in [4.78, 5) is 15.4. The summed E-state index contributed by atoms with van der Waals surface area (Å²) in [5, 5.41) is 1.15. The molecular weight excluding hydrogens is 231 g/mol. The maximum Gasteiger partial charge on any atom is 0.396 e. The summed E-state index contributed by atoms with van der Waals surface area (Å²) in [6.45, 7) is 0. The first-order valence-electron chi connectivity index (χ1n) is 4.90. The summed E-state index contributed by atoms with van der Waals surface area (Å²) in [6, 6.07) is 6.19. The number of carbonyl (C=O) groups excluding carboxylic acids is 1. The van der Waals surface area contributed by atoms with Crippen molar-refractivity contribution >= 4 is 16.6 Å². The van der Waals surface area contributed by atoms with Crippen molar-refractivity contribution in [2.75, 3.05) is 0 Å². The van der Waals surface area contributed by atoms with Crippen LogP contribution in [-0.4, -0.2) is 16.9 Å². The van der Waals surface area contributed by atoms with E-state index in [9.17, 15) is 18.0 Å². The fourth-order valence-corrected chi connectivity index (χ4v) is 1.64. The van der Waals surface area contributed by atoms with Gasteiger partial charge >= 0.3 is 6.18 Å². The van der Waals surface area contributed by atoms with Gasteiger partial charge in [-0.25, -0.2) is 0 Å². The van der Waals surface area contributed by atoms with E-state index in [1.807, 2.05) is 0 Å². The monoisotopic (exact) mass is 239 g/mol. The maximum atomic E-state index is 12.2. The van der Waals surface area contributed by atoms with E-state index in [1.54, 1.807) is 18.2 Å². The topological polar surface area (TPSA) is 30.0 Å². The van der Waals surface area contributed by atoms with Gasteiger partial charge in [-0.05, 0) is 11.5 Å². The SMILES string of the molecule is O=C(CC(F)(F)F)c1cccc2cnccc12. The van der Waals surface area contributed by atoms with Crippen LogP contribution in [-0.2, 0) is 0 Å². The van der Waals surface area contributed by atoms with Gasteiger partial charge in [-0.3, -0.25) is 9.78 Å². The number of aromatic nitrogens is 1. The first kappa shape index (κ1) is 11.6. The van der Waals surface area contributed by atoms with E-state index in [-0.39, 0.29) is 5.56 Å². The van der Waals surface area contributed by atoms with E-state index in [1.165, 1.54) is 18.5 Å². The summed E-state index contributed by atoms with van der Waals surface area (Å²) in [5.41, 5.74) is 0.0854. The van der Waals surface area contributed by atoms with Crippen molar-refractivity contribution in [1.29, 1.82) is 0 Å². The number of hydrogen-bond acceptors (Lipinski definition) is 2. The number of pyridine rings is 1. The van der Waals surface area contributed by atoms with Crippen molar-refractivity contribution < 1.29 is 18.0 Å². The lowest BCUT2D eigenvalue weighted by molar-refractivity contribution is -0.125. The molecule has 0 unspecified atom stereocenters. The lowest BCUT2D eigenvalue weighted by Gasteiger charge is -2.07. The van der Waals surface area contributed by atoms with Crippen molar-refractivity contribution in [3.05, 3.63) is 42.2 Å². The van der Waals surface area contributed by atoms with Crippen LogP contribution in [0.15, 0.2) is 36.7 Å². The molecule has 1 aromatic heterocycles. The minimum atomic E-state index is -4.48. The molecule has 0 aliphatic rings. The molecule has 0 fully saturated rings. The first-order chi connectivity index (χ1) is 7.97. The quantitative estimate of drug-likeness (QED) is 0.752. The third-order valence-electron chi connectivity index (χ3n) is 2.34. The van der Waals surface area contributed by atoms with E-state index in [2.05, 4.69) is 4.98 Å². The third-order valence-corrected chi connectivity index (χ3v) is 2.34. The highest BCUT2D eigenvalue weighted by Gasteiger charge is 2.32. The Bertz CT molecular complexity index is 558. The molecule has 2 nitrogen and oxygen atoms in total. The standard InChI is InChI=1S/C12H8F3NO/c13-12(14,15)6-11(17)10-3-1-2-8-7-16-5-4-9(8)10/h1-5,7H,6H2. The average molecular weight is 239 g/mol. The molecule has 0 bridgehead atoms. The first-order valence-corrected chi connectivity index (χ1v) is 4.90. The van der Waals surface area contributed by atoms with Crippen LogP contribution in [0.4, 0.5) is 13.2 Å². The Hall–Kier alpha value is -1.91. The minimum absolute atomic E-state index is 0.0854. The number of benzene rings is 1. The zero-order chi connectivity index (χ0) is 12.5. The van der Waals surface area contributed by atoms with Gasteiger partial charge in [-0.2, -0.15) is 13.2 Å². The Labute approximate surface area is 95.1 Å². The molecule has 0 amide bonds. The molecule has 0 saturated carbocycles. The lowest BCUT2D eigenvalue weighted by atomic mass is 10.0. The molecule has 2 rings (SSSR count). The van der Waals surface area contributed by atoms with Crippen molar-refractivity contribution in [2.24, 2.45) is 0 Å². The van der Waals surface area contributed by atoms with Crippen molar-refractivity contribution in [3.8, 4) is 0 Å². The van der Waals surface area contributed by atoms with Crippen LogP contribution in [0.3, 0.4) is 0 Å². The predicted octanol–water partition coefficient (Wildman–Crippen LogP) is 3.37. The number of alkyl halides is 3. The van der Waals surface area contributed by atoms with Gasteiger partial charge in [0, 0.05) is 23.3 Å². The number of ketones is 1. The van der Waals surface area contributed by atoms with Crippen LogP contribution in [0.25, 0.3) is 10.8 Å². The number of rotatable bonds is 2. The molecule has 0 atom stereocenters. The zero-order valence-corrected chi connectivity index (χ0v) is 8.66. The van der Waals surface area contributed by atoms with Crippen molar-refractivity contribution in [3.63, 3.8) is 0 Å². The number of halogens is 3. The molecule has 0 N–H and O–H groups in total. The second-order valence-corrected chi connectivity index (χ2v) is 3.62. The highest BCUT2D eigenvalue weighted by atomic mass is 19.4. The summed E-state index contributed by atoms with van der Waals surface area (Å²) >= 11 is 0. The second kappa shape index (κ2) is 4.16. The second-order valence-electron chi connectivity index (χ2n) is 3.62. The Morgan fingerprint density at radius 2 is 2.00 bits per heavy atom. The van der Waals surface area contributed by atoms with Gasteiger partial charge in [-0.1, -0.05) is 18.2 Å². The van der Waals surface area contributed by atoms with Crippen LogP contribution >= 0.6 is 0 Å². The summed E-state index contributed by atoms with van der Waals surface area (Å²) < 4.78 is 36.5. The van der Waals surface area contributed by atoms with Crippen LogP contribution < -0.4 is 0 Å². The molecule has 1 aromatic carbocycles.